The minimum Gasteiger partial charge on any atom is -0.508 e. The summed E-state index contributed by atoms with van der Waals surface area (Å²) in [5.74, 6) is -3.36. The van der Waals surface area contributed by atoms with Crippen LogP contribution in [0.5, 0.6) is 46.0 Å². The van der Waals surface area contributed by atoms with E-state index in [0.717, 1.165) is 6.07 Å². The van der Waals surface area contributed by atoms with Gasteiger partial charge in [-0.1, -0.05) is 12.1 Å². The van der Waals surface area contributed by atoms with Crippen molar-refractivity contribution in [1.29, 1.82) is 0 Å². The van der Waals surface area contributed by atoms with Gasteiger partial charge in [0, 0.05) is 46.9 Å². The van der Waals surface area contributed by atoms with Gasteiger partial charge in [0.15, 0.2) is 0 Å². The molecule has 4 aromatic carbocycles. The number of benzene rings is 4. The molecule has 0 saturated carbocycles. The smallest absolute Gasteiger partial charge is 0.305 e. The van der Waals surface area contributed by atoms with Gasteiger partial charge in [-0.2, -0.15) is 0 Å². The molecule has 204 valence electrons. The topological polar surface area (TPSA) is 169 Å². The van der Waals surface area contributed by atoms with Crippen LogP contribution in [0.2, 0.25) is 0 Å². The fourth-order valence-electron chi connectivity index (χ4n) is 5.99. The summed E-state index contributed by atoms with van der Waals surface area (Å²) in [5, 5.41) is 74.7. The highest BCUT2D eigenvalue weighted by Crippen LogP contribution is 2.62. The average Bonchev–Trinajstić information content (AvgIpc) is 2.90. The normalized spacial score (nSPS) is 25.9. The van der Waals surface area contributed by atoms with E-state index in [1.54, 1.807) is 12.1 Å². The van der Waals surface area contributed by atoms with Gasteiger partial charge in [-0.25, -0.2) is 0 Å². The number of phenolic OH excluding ortho intramolecular Hbond substituents is 5. The lowest BCUT2D eigenvalue weighted by atomic mass is 9.74. The van der Waals surface area contributed by atoms with Gasteiger partial charge < -0.3 is 50.0 Å². The van der Waals surface area contributed by atoms with Crippen LogP contribution in [0.15, 0.2) is 66.7 Å². The molecule has 3 aliphatic heterocycles. The number of aromatic hydroxyl groups is 5. The standard InChI is InChI=1S/C30H24O10/c31-15-5-1-13(2-6-15)27-21(36)11-18-19(34)12-23-25(28(18)38-27)26-24-20(35)9-17(33)10-22(24)39-30(40-23,29(26)37)14-3-7-16(32)8-4-14/h1-10,12,21,26-27,29,31-37H,11H2/t21-,26?,27?,29+,30-/m0/s1. The molecule has 0 amide bonds. The Hall–Kier alpha value is -4.80. The number of phenols is 5. The molecule has 2 unspecified atom stereocenters. The Morgan fingerprint density at radius 3 is 1.98 bits per heavy atom. The van der Waals surface area contributed by atoms with Crippen molar-refractivity contribution in [3.05, 3.63) is 94.5 Å². The Balaban J connectivity index is 1.47. The van der Waals surface area contributed by atoms with Crippen molar-refractivity contribution in [2.75, 3.05) is 0 Å². The molecular formula is C30H24O10. The molecule has 7 rings (SSSR count). The maximum Gasteiger partial charge on any atom is 0.305 e. The minimum absolute atomic E-state index is 0.0107. The molecule has 10 heteroatoms. The van der Waals surface area contributed by atoms with E-state index in [1.807, 2.05) is 0 Å². The average molecular weight is 545 g/mol. The number of hydrogen-bond acceptors (Lipinski definition) is 10. The van der Waals surface area contributed by atoms with E-state index in [4.69, 9.17) is 14.2 Å². The van der Waals surface area contributed by atoms with Gasteiger partial charge in [0.05, 0.1) is 12.0 Å². The first-order valence-electron chi connectivity index (χ1n) is 12.6. The predicted molar refractivity (Wildman–Crippen MR) is 138 cm³/mol. The molecule has 3 aliphatic rings. The second kappa shape index (κ2) is 8.35. The van der Waals surface area contributed by atoms with Crippen molar-refractivity contribution in [3.63, 3.8) is 0 Å². The van der Waals surface area contributed by atoms with Crippen LogP contribution in [-0.4, -0.2) is 48.0 Å². The molecule has 2 bridgehead atoms. The maximum absolute atomic E-state index is 11.9. The molecule has 0 fully saturated rings. The Morgan fingerprint density at radius 1 is 0.675 bits per heavy atom. The van der Waals surface area contributed by atoms with Gasteiger partial charge in [-0.15, -0.1) is 0 Å². The van der Waals surface area contributed by atoms with Gasteiger partial charge in [0.2, 0.25) is 0 Å². The number of rotatable bonds is 2. The second-order valence-corrected chi connectivity index (χ2v) is 10.2. The lowest BCUT2D eigenvalue weighted by molar-refractivity contribution is -0.219. The van der Waals surface area contributed by atoms with E-state index >= 15 is 0 Å². The summed E-state index contributed by atoms with van der Waals surface area (Å²) in [5.41, 5.74) is 1.69. The van der Waals surface area contributed by atoms with Crippen LogP contribution in [0.25, 0.3) is 0 Å². The summed E-state index contributed by atoms with van der Waals surface area (Å²) in [4.78, 5) is 0. The zero-order valence-electron chi connectivity index (χ0n) is 20.7. The summed E-state index contributed by atoms with van der Waals surface area (Å²) in [6.07, 6.45) is -3.38. The van der Waals surface area contributed by atoms with Crippen LogP contribution >= 0.6 is 0 Å². The quantitative estimate of drug-likeness (QED) is 0.199. The van der Waals surface area contributed by atoms with Gasteiger partial charge in [-0.05, 0) is 42.0 Å². The number of fused-ring (bicyclic) bond motifs is 8. The summed E-state index contributed by atoms with van der Waals surface area (Å²) >= 11 is 0. The molecule has 0 aliphatic carbocycles. The maximum atomic E-state index is 11.9. The molecule has 0 aromatic heterocycles. The third kappa shape index (κ3) is 3.36. The van der Waals surface area contributed by atoms with Gasteiger partial charge in [0.25, 0.3) is 0 Å². The van der Waals surface area contributed by atoms with E-state index < -0.39 is 30.0 Å². The van der Waals surface area contributed by atoms with Crippen molar-refractivity contribution in [2.45, 2.75) is 36.4 Å². The molecule has 0 spiro atoms. The number of aliphatic hydroxyl groups excluding tert-OH is 2. The summed E-state index contributed by atoms with van der Waals surface area (Å²) in [6, 6.07) is 15.8. The molecule has 0 radical (unpaired) electrons. The number of ether oxygens (including phenoxy) is 3. The van der Waals surface area contributed by atoms with Crippen molar-refractivity contribution in [3.8, 4) is 46.0 Å². The minimum atomic E-state index is -1.89. The van der Waals surface area contributed by atoms with E-state index in [9.17, 15) is 35.7 Å². The van der Waals surface area contributed by atoms with Crippen LogP contribution in [0, 0.1) is 0 Å². The Labute approximate surface area is 227 Å². The van der Waals surface area contributed by atoms with E-state index in [0.29, 0.717) is 22.3 Å². The van der Waals surface area contributed by atoms with Crippen molar-refractivity contribution >= 4 is 0 Å². The highest BCUT2D eigenvalue weighted by molar-refractivity contribution is 5.67. The molecule has 3 heterocycles. The van der Waals surface area contributed by atoms with Crippen LogP contribution in [0.1, 0.15) is 39.8 Å². The summed E-state index contributed by atoms with van der Waals surface area (Å²) in [7, 11) is 0. The van der Waals surface area contributed by atoms with Crippen molar-refractivity contribution in [1.82, 2.24) is 0 Å². The fraction of sp³-hybridized carbons (Fsp3) is 0.200. The van der Waals surface area contributed by atoms with Gasteiger partial charge >= 0.3 is 5.79 Å². The Kier molecular flexibility index (Phi) is 5.06. The fourth-order valence-corrected chi connectivity index (χ4v) is 5.99. The van der Waals surface area contributed by atoms with Crippen LogP contribution < -0.4 is 14.2 Å². The van der Waals surface area contributed by atoms with Crippen LogP contribution in [0.4, 0.5) is 0 Å². The zero-order chi connectivity index (χ0) is 27.9. The summed E-state index contributed by atoms with van der Waals surface area (Å²) < 4.78 is 18.9. The molecule has 7 N–H and O–H groups in total. The number of aliphatic hydroxyl groups is 2. The van der Waals surface area contributed by atoms with Gasteiger partial charge in [0.1, 0.15) is 58.2 Å². The Bertz CT molecular complexity index is 1650. The predicted octanol–water partition coefficient (Wildman–Crippen LogP) is 3.38. The van der Waals surface area contributed by atoms with Crippen molar-refractivity contribution < 1.29 is 50.0 Å². The van der Waals surface area contributed by atoms with Crippen LogP contribution in [-0.2, 0) is 12.2 Å². The SMILES string of the molecule is Oc1ccc(C2Oc3c(c(O)cc4c3C3c5c(O)cc(O)cc5O[C@@](c5ccc(O)cc5)(O4)[C@@H]3O)C[C@@H]2O)cc1. The highest BCUT2D eigenvalue weighted by atomic mass is 16.7. The first-order chi connectivity index (χ1) is 19.2. The lowest BCUT2D eigenvalue weighted by Gasteiger charge is -2.50. The van der Waals surface area contributed by atoms with E-state index in [-0.39, 0.29) is 58.0 Å². The van der Waals surface area contributed by atoms with Gasteiger partial charge in [-0.3, -0.25) is 0 Å². The summed E-state index contributed by atoms with van der Waals surface area (Å²) in [6.45, 7) is 0. The molecule has 10 nitrogen and oxygen atoms in total. The monoisotopic (exact) mass is 544 g/mol. The van der Waals surface area contributed by atoms with E-state index in [1.165, 1.54) is 48.5 Å². The zero-order valence-corrected chi connectivity index (χ0v) is 20.7. The third-order valence-corrected chi connectivity index (χ3v) is 7.82. The largest absolute Gasteiger partial charge is 0.508 e. The molecular weight excluding hydrogens is 520 g/mol. The molecule has 5 atom stereocenters. The second-order valence-electron chi connectivity index (χ2n) is 10.2. The van der Waals surface area contributed by atoms with Crippen molar-refractivity contribution in [2.24, 2.45) is 0 Å². The number of hydrogen-bond donors (Lipinski definition) is 7. The molecule has 0 saturated heterocycles. The van der Waals surface area contributed by atoms with E-state index in [2.05, 4.69) is 0 Å². The van der Waals surface area contributed by atoms with Crippen LogP contribution in [0.3, 0.4) is 0 Å². The third-order valence-electron chi connectivity index (χ3n) is 7.82. The highest BCUT2D eigenvalue weighted by Gasteiger charge is 2.60. The first-order valence-corrected chi connectivity index (χ1v) is 12.6. The lowest BCUT2D eigenvalue weighted by Crippen LogP contribution is -2.57. The Morgan fingerprint density at radius 2 is 1.30 bits per heavy atom. The first kappa shape index (κ1) is 24.3. The molecule has 40 heavy (non-hydrogen) atoms. The molecule has 4 aromatic rings.